The van der Waals surface area contributed by atoms with Gasteiger partial charge in [0.2, 0.25) is 5.71 Å². The molecule has 3 rings (SSSR count). The normalized spacial score (nSPS) is 10.9. The van der Waals surface area contributed by atoms with Crippen LogP contribution in [0.15, 0.2) is 35.0 Å². The first-order valence-corrected chi connectivity index (χ1v) is 7.28. The minimum absolute atomic E-state index is 0.0272. The third-order valence-corrected chi connectivity index (χ3v) is 3.75. The quantitative estimate of drug-likeness (QED) is 0.704. The molecule has 0 aliphatic rings. The van der Waals surface area contributed by atoms with Gasteiger partial charge in [-0.2, -0.15) is 0 Å². The molecule has 2 heterocycles. The lowest BCUT2D eigenvalue weighted by Gasteiger charge is -2.10. The number of benzene rings is 1. The van der Waals surface area contributed by atoms with Gasteiger partial charge < -0.3 is 14.8 Å². The molecule has 0 amide bonds. The number of hydrogen-bond donors (Lipinski definition) is 2. The number of carbonyl (C=O) groups is 1. The number of fused-ring (bicyclic) bond motifs is 1. The zero-order chi connectivity index (χ0) is 16.4. The molecule has 0 bridgehead atoms. The molecule has 6 nitrogen and oxygen atoms in total. The van der Waals surface area contributed by atoms with E-state index in [0.29, 0.717) is 34.8 Å². The smallest absolute Gasteiger partial charge is 0.232 e. The molecule has 0 saturated heterocycles. The fourth-order valence-electron chi connectivity index (χ4n) is 2.67. The fraction of sp³-hybridized carbons (Fsp3) is 0.235. The molecule has 0 aliphatic carbocycles. The molecule has 2 aromatic heterocycles. The van der Waals surface area contributed by atoms with Crippen molar-refractivity contribution in [1.82, 2.24) is 9.97 Å². The molecule has 6 heteroatoms. The minimum atomic E-state index is -0.0881. The molecule has 3 aromatic rings. The number of aliphatic hydroxyl groups excluding tert-OH is 1. The Bertz CT molecular complexity index is 871. The Morgan fingerprint density at radius 3 is 2.70 bits per heavy atom. The van der Waals surface area contributed by atoms with Crippen LogP contribution in [-0.4, -0.2) is 20.9 Å². The van der Waals surface area contributed by atoms with E-state index in [-0.39, 0.29) is 12.4 Å². The van der Waals surface area contributed by atoms with E-state index in [0.717, 1.165) is 11.1 Å². The molecule has 2 N–H and O–H groups in total. The Labute approximate surface area is 133 Å². The van der Waals surface area contributed by atoms with Crippen molar-refractivity contribution >= 4 is 22.7 Å². The zero-order valence-corrected chi connectivity index (χ0v) is 13.0. The van der Waals surface area contributed by atoms with Crippen LogP contribution in [0.2, 0.25) is 0 Å². The first-order chi connectivity index (χ1) is 11.1. The van der Waals surface area contributed by atoms with Crippen molar-refractivity contribution in [3.05, 3.63) is 53.0 Å². The Hall–Kier alpha value is -2.73. The van der Waals surface area contributed by atoms with E-state index in [9.17, 15) is 9.90 Å². The molecule has 0 radical (unpaired) electrons. The monoisotopic (exact) mass is 311 g/mol. The number of furan rings is 1. The molecule has 1 aromatic carbocycles. The number of hydrogen-bond acceptors (Lipinski definition) is 6. The van der Waals surface area contributed by atoms with Crippen LogP contribution in [0, 0.1) is 6.92 Å². The number of aliphatic hydroxyl groups is 1. The number of nitrogens with one attached hydrogen (secondary N) is 1. The van der Waals surface area contributed by atoms with E-state index < -0.39 is 0 Å². The van der Waals surface area contributed by atoms with Gasteiger partial charge in [0, 0.05) is 6.54 Å². The number of nitrogens with zero attached hydrogens (tertiary/aromatic N) is 2. The van der Waals surface area contributed by atoms with Crippen LogP contribution < -0.4 is 5.32 Å². The molecule has 0 saturated carbocycles. The van der Waals surface area contributed by atoms with Gasteiger partial charge in [-0.3, -0.25) is 4.79 Å². The molecule has 23 heavy (non-hydrogen) atoms. The number of aromatic nitrogens is 2. The summed E-state index contributed by atoms with van der Waals surface area (Å²) in [6.45, 7) is 3.68. The second kappa shape index (κ2) is 6.18. The lowest BCUT2D eigenvalue weighted by Crippen LogP contribution is -2.06. The van der Waals surface area contributed by atoms with Crippen molar-refractivity contribution in [3.8, 4) is 0 Å². The standard InChI is InChI=1S/C17H17N3O3/c1-10(22)14-11(2)23-17-15(14)16(19-9-20-17)18-7-12-5-3-4-6-13(12)8-21/h3-6,9,21H,7-8H2,1-2H3,(H,18,19,20). The largest absolute Gasteiger partial charge is 0.442 e. The highest BCUT2D eigenvalue weighted by atomic mass is 16.3. The topological polar surface area (TPSA) is 88.2 Å². The fourth-order valence-corrected chi connectivity index (χ4v) is 2.67. The first kappa shape index (κ1) is 15.2. The number of anilines is 1. The summed E-state index contributed by atoms with van der Waals surface area (Å²) in [5.41, 5.74) is 2.70. The SMILES string of the molecule is CC(=O)c1c(C)oc2ncnc(NCc3ccccc3CO)c12. The maximum Gasteiger partial charge on any atom is 0.232 e. The second-order valence-corrected chi connectivity index (χ2v) is 5.27. The van der Waals surface area contributed by atoms with Gasteiger partial charge in [-0.15, -0.1) is 0 Å². The molecule has 0 unspecified atom stereocenters. The van der Waals surface area contributed by atoms with Crippen LogP contribution in [0.1, 0.15) is 34.2 Å². The molecule has 0 aliphatic heterocycles. The minimum Gasteiger partial charge on any atom is -0.442 e. The summed E-state index contributed by atoms with van der Waals surface area (Å²) < 4.78 is 5.55. The van der Waals surface area contributed by atoms with Crippen LogP contribution in [0.25, 0.3) is 11.1 Å². The molecule has 0 atom stereocenters. The summed E-state index contributed by atoms with van der Waals surface area (Å²) in [7, 11) is 0. The lowest BCUT2D eigenvalue weighted by molar-refractivity contribution is 0.101. The molecule has 0 spiro atoms. The average Bonchev–Trinajstić information content (AvgIpc) is 2.89. The molecule has 0 fully saturated rings. The number of ketones is 1. The Morgan fingerprint density at radius 2 is 2.00 bits per heavy atom. The average molecular weight is 311 g/mol. The highest BCUT2D eigenvalue weighted by Crippen LogP contribution is 2.29. The maximum absolute atomic E-state index is 11.9. The summed E-state index contributed by atoms with van der Waals surface area (Å²) in [5, 5.41) is 13.2. The Balaban J connectivity index is 1.99. The Morgan fingerprint density at radius 1 is 1.26 bits per heavy atom. The van der Waals surface area contributed by atoms with E-state index in [2.05, 4.69) is 15.3 Å². The van der Waals surface area contributed by atoms with Gasteiger partial charge in [-0.05, 0) is 25.0 Å². The van der Waals surface area contributed by atoms with E-state index >= 15 is 0 Å². The van der Waals surface area contributed by atoms with E-state index in [4.69, 9.17) is 4.42 Å². The van der Waals surface area contributed by atoms with Gasteiger partial charge in [0.15, 0.2) is 5.78 Å². The van der Waals surface area contributed by atoms with Crippen molar-refractivity contribution in [2.45, 2.75) is 27.0 Å². The third-order valence-electron chi connectivity index (χ3n) is 3.75. The highest BCUT2D eigenvalue weighted by Gasteiger charge is 2.19. The zero-order valence-electron chi connectivity index (χ0n) is 13.0. The summed E-state index contributed by atoms with van der Waals surface area (Å²) in [4.78, 5) is 20.2. The first-order valence-electron chi connectivity index (χ1n) is 7.28. The number of Topliss-reactive ketones (excluding diaryl/α,β-unsaturated/α-hetero) is 1. The van der Waals surface area contributed by atoms with Gasteiger partial charge >= 0.3 is 0 Å². The predicted octanol–water partition coefficient (Wildman–Crippen LogP) is 2.84. The third kappa shape index (κ3) is 2.80. The number of aryl methyl sites for hydroxylation is 1. The van der Waals surface area contributed by atoms with Crippen LogP contribution in [-0.2, 0) is 13.2 Å². The molecule has 118 valence electrons. The van der Waals surface area contributed by atoms with E-state index in [1.807, 2.05) is 24.3 Å². The van der Waals surface area contributed by atoms with Crippen molar-refractivity contribution in [2.24, 2.45) is 0 Å². The van der Waals surface area contributed by atoms with Crippen LogP contribution in [0.3, 0.4) is 0 Å². The van der Waals surface area contributed by atoms with E-state index in [1.165, 1.54) is 13.3 Å². The van der Waals surface area contributed by atoms with Gasteiger partial charge in [-0.1, -0.05) is 24.3 Å². The molecular formula is C17H17N3O3. The predicted molar refractivity (Wildman–Crippen MR) is 86.2 cm³/mol. The van der Waals surface area contributed by atoms with Crippen molar-refractivity contribution in [3.63, 3.8) is 0 Å². The molecular weight excluding hydrogens is 294 g/mol. The van der Waals surface area contributed by atoms with Crippen LogP contribution in [0.5, 0.6) is 0 Å². The summed E-state index contributed by atoms with van der Waals surface area (Å²) >= 11 is 0. The number of carbonyl (C=O) groups excluding carboxylic acids is 1. The van der Waals surface area contributed by atoms with Crippen molar-refractivity contribution in [2.75, 3.05) is 5.32 Å². The van der Waals surface area contributed by atoms with E-state index in [1.54, 1.807) is 6.92 Å². The van der Waals surface area contributed by atoms with Gasteiger partial charge in [-0.25, -0.2) is 9.97 Å². The second-order valence-electron chi connectivity index (χ2n) is 5.27. The summed E-state index contributed by atoms with van der Waals surface area (Å²) in [5.74, 6) is 0.992. The van der Waals surface area contributed by atoms with Crippen molar-refractivity contribution in [1.29, 1.82) is 0 Å². The van der Waals surface area contributed by atoms with Crippen molar-refractivity contribution < 1.29 is 14.3 Å². The van der Waals surface area contributed by atoms with Gasteiger partial charge in [0.05, 0.1) is 17.6 Å². The van der Waals surface area contributed by atoms with Crippen LogP contribution in [0.4, 0.5) is 5.82 Å². The number of rotatable bonds is 5. The maximum atomic E-state index is 11.9. The van der Waals surface area contributed by atoms with Gasteiger partial charge in [0.25, 0.3) is 0 Å². The lowest BCUT2D eigenvalue weighted by atomic mass is 10.1. The summed E-state index contributed by atoms with van der Waals surface area (Å²) in [6.07, 6.45) is 1.40. The van der Waals surface area contributed by atoms with Gasteiger partial charge in [0.1, 0.15) is 17.9 Å². The Kier molecular flexibility index (Phi) is 4.08. The summed E-state index contributed by atoms with van der Waals surface area (Å²) in [6, 6.07) is 7.60. The van der Waals surface area contributed by atoms with Crippen LogP contribution >= 0.6 is 0 Å². The highest BCUT2D eigenvalue weighted by molar-refractivity contribution is 6.09.